The summed E-state index contributed by atoms with van der Waals surface area (Å²) in [5, 5.41) is 0. The van der Waals surface area contributed by atoms with Crippen molar-refractivity contribution in [1.82, 2.24) is 0 Å². The zero-order chi connectivity index (χ0) is 23.8. The molecule has 0 aliphatic carbocycles. The Bertz CT molecular complexity index is 983. The van der Waals surface area contributed by atoms with Gasteiger partial charge in [0.2, 0.25) is 0 Å². The monoisotopic (exact) mass is 446 g/mol. The van der Waals surface area contributed by atoms with Crippen molar-refractivity contribution in [1.29, 1.82) is 0 Å². The molecule has 0 heteroatoms. The van der Waals surface area contributed by atoms with Crippen LogP contribution in [0.25, 0.3) is 5.57 Å². The molecule has 0 atom stereocenters. The van der Waals surface area contributed by atoms with E-state index in [-0.39, 0.29) is 0 Å². The summed E-state index contributed by atoms with van der Waals surface area (Å²) in [4.78, 5) is 0. The van der Waals surface area contributed by atoms with Gasteiger partial charge in [0.15, 0.2) is 0 Å². The van der Waals surface area contributed by atoms with E-state index in [1.807, 2.05) is 0 Å². The van der Waals surface area contributed by atoms with Gasteiger partial charge < -0.3 is 0 Å². The zero-order valence-corrected chi connectivity index (χ0v) is 20.7. The number of hydrogen-bond donors (Lipinski definition) is 0. The Kier molecular flexibility index (Phi) is 10.9. The van der Waals surface area contributed by atoms with Gasteiger partial charge in [-0.2, -0.15) is 0 Å². The van der Waals surface area contributed by atoms with Gasteiger partial charge in [-0.25, -0.2) is 0 Å². The van der Waals surface area contributed by atoms with Gasteiger partial charge in [0.1, 0.15) is 0 Å². The predicted octanol–water partition coefficient (Wildman–Crippen LogP) is 9.93. The minimum Gasteiger partial charge on any atom is -0.0761 e. The SMILES string of the molecule is CCCC=C(c1ccccc1)c1ccccc1.CCCCC(c1ccccc1)c1ccccc1. The summed E-state index contributed by atoms with van der Waals surface area (Å²) < 4.78 is 0. The first-order valence-electron chi connectivity index (χ1n) is 12.7. The third kappa shape index (κ3) is 7.89. The van der Waals surface area contributed by atoms with Gasteiger partial charge in [0, 0.05) is 5.92 Å². The highest BCUT2D eigenvalue weighted by Gasteiger charge is 2.12. The van der Waals surface area contributed by atoms with Crippen molar-refractivity contribution < 1.29 is 0 Å². The lowest BCUT2D eigenvalue weighted by Crippen LogP contribution is -2.00. The van der Waals surface area contributed by atoms with E-state index < -0.39 is 0 Å². The van der Waals surface area contributed by atoms with Crippen molar-refractivity contribution in [2.24, 2.45) is 0 Å². The fourth-order valence-electron chi connectivity index (χ4n) is 4.23. The van der Waals surface area contributed by atoms with Gasteiger partial charge in [-0.05, 0) is 40.7 Å². The summed E-state index contributed by atoms with van der Waals surface area (Å²) in [5.74, 6) is 0.553. The molecule has 0 unspecified atom stereocenters. The first kappa shape index (κ1) is 25.2. The van der Waals surface area contributed by atoms with Gasteiger partial charge in [-0.15, -0.1) is 0 Å². The highest BCUT2D eigenvalue weighted by molar-refractivity contribution is 5.79. The number of hydrogen-bond acceptors (Lipinski definition) is 0. The van der Waals surface area contributed by atoms with E-state index in [0.717, 1.165) is 6.42 Å². The van der Waals surface area contributed by atoms with E-state index in [9.17, 15) is 0 Å². The summed E-state index contributed by atoms with van der Waals surface area (Å²) in [5.41, 5.74) is 6.81. The number of benzene rings is 4. The summed E-state index contributed by atoms with van der Waals surface area (Å²) in [7, 11) is 0. The van der Waals surface area contributed by atoms with Crippen molar-refractivity contribution in [3.05, 3.63) is 150 Å². The topological polar surface area (TPSA) is 0 Å². The van der Waals surface area contributed by atoms with Crippen LogP contribution in [0.4, 0.5) is 0 Å². The first-order chi connectivity index (χ1) is 16.8. The lowest BCUT2D eigenvalue weighted by Gasteiger charge is -2.17. The third-order valence-corrected chi connectivity index (χ3v) is 6.06. The molecule has 174 valence electrons. The lowest BCUT2D eigenvalue weighted by molar-refractivity contribution is 0.650. The molecule has 4 aromatic rings. The highest BCUT2D eigenvalue weighted by atomic mass is 14.2. The second-order valence-electron chi connectivity index (χ2n) is 8.65. The molecule has 0 nitrogen and oxygen atoms in total. The van der Waals surface area contributed by atoms with Crippen LogP contribution < -0.4 is 0 Å². The maximum Gasteiger partial charge on any atom is 0.00893 e. The molecule has 34 heavy (non-hydrogen) atoms. The molecular formula is C34H38. The van der Waals surface area contributed by atoms with Crippen LogP contribution in [-0.4, -0.2) is 0 Å². The van der Waals surface area contributed by atoms with E-state index in [1.165, 1.54) is 53.5 Å². The van der Waals surface area contributed by atoms with Crippen molar-refractivity contribution in [3.63, 3.8) is 0 Å². The quantitative estimate of drug-likeness (QED) is 0.240. The van der Waals surface area contributed by atoms with E-state index in [0.29, 0.717) is 5.92 Å². The van der Waals surface area contributed by atoms with Crippen LogP contribution >= 0.6 is 0 Å². The molecule has 4 aromatic carbocycles. The Morgan fingerprint density at radius 3 is 1.35 bits per heavy atom. The predicted molar refractivity (Wildman–Crippen MR) is 149 cm³/mol. The van der Waals surface area contributed by atoms with Crippen molar-refractivity contribution in [2.75, 3.05) is 0 Å². The minimum atomic E-state index is 0.553. The van der Waals surface area contributed by atoms with E-state index in [2.05, 4.69) is 141 Å². The van der Waals surface area contributed by atoms with Gasteiger partial charge in [0.05, 0.1) is 0 Å². The molecule has 0 saturated carbocycles. The normalized spacial score (nSPS) is 10.3. The average Bonchev–Trinajstić information content (AvgIpc) is 2.92. The summed E-state index contributed by atoms with van der Waals surface area (Å²) >= 11 is 0. The molecular weight excluding hydrogens is 408 g/mol. The Labute approximate surface area is 207 Å². The largest absolute Gasteiger partial charge is 0.0761 e. The van der Waals surface area contributed by atoms with Crippen LogP contribution in [0.1, 0.15) is 74.1 Å². The smallest absolute Gasteiger partial charge is 0.00893 e. The van der Waals surface area contributed by atoms with Crippen LogP contribution in [0.3, 0.4) is 0 Å². The lowest BCUT2D eigenvalue weighted by atomic mass is 9.87. The first-order valence-corrected chi connectivity index (χ1v) is 12.7. The molecule has 0 aliphatic rings. The Balaban J connectivity index is 0.000000191. The summed E-state index contributed by atoms with van der Waals surface area (Å²) in [6.07, 6.45) is 8.43. The van der Waals surface area contributed by atoms with Crippen molar-refractivity contribution in [2.45, 2.75) is 51.9 Å². The van der Waals surface area contributed by atoms with Gasteiger partial charge in [-0.1, -0.05) is 161 Å². The van der Waals surface area contributed by atoms with E-state index in [1.54, 1.807) is 0 Å². The average molecular weight is 447 g/mol. The van der Waals surface area contributed by atoms with Crippen LogP contribution in [0.15, 0.2) is 127 Å². The highest BCUT2D eigenvalue weighted by Crippen LogP contribution is 2.29. The fourth-order valence-corrected chi connectivity index (χ4v) is 4.23. The number of rotatable bonds is 9. The number of allylic oxidation sites excluding steroid dienone is 1. The molecule has 0 radical (unpaired) electrons. The standard InChI is InChI=1S/C17H20.C17H18/c2*1-2-3-14-17(15-10-6-4-7-11-15)16-12-8-5-9-13-16/h4-13,17H,2-3,14H2,1H3;4-14H,2-3H2,1H3. The van der Waals surface area contributed by atoms with Gasteiger partial charge >= 0.3 is 0 Å². The molecule has 0 spiro atoms. The molecule has 0 fully saturated rings. The molecule has 0 aliphatic heterocycles. The summed E-state index contributed by atoms with van der Waals surface area (Å²) in [6.45, 7) is 4.47. The maximum absolute atomic E-state index is 2.34. The molecule has 0 amide bonds. The van der Waals surface area contributed by atoms with Gasteiger partial charge in [0.25, 0.3) is 0 Å². The number of unbranched alkanes of at least 4 members (excludes halogenated alkanes) is 2. The molecule has 0 heterocycles. The Morgan fingerprint density at radius 2 is 0.971 bits per heavy atom. The van der Waals surface area contributed by atoms with E-state index in [4.69, 9.17) is 0 Å². The zero-order valence-electron chi connectivity index (χ0n) is 20.7. The van der Waals surface area contributed by atoms with Crippen LogP contribution in [0.5, 0.6) is 0 Å². The molecule has 0 N–H and O–H groups in total. The molecule has 0 bridgehead atoms. The second kappa shape index (κ2) is 14.7. The van der Waals surface area contributed by atoms with Crippen LogP contribution in [0, 0.1) is 0 Å². The van der Waals surface area contributed by atoms with Gasteiger partial charge in [-0.3, -0.25) is 0 Å². The Hall–Kier alpha value is -3.38. The Morgan fingerprint density at radius 1 is 0.559 bits per heavy atom. The maximum atomic E-state index is 2.34. The van der Waals surface area contributed by atoms with Crippen molar-refractivity contribution in [3.8, 4) is 0 Å². The molecule has 0 saturated heterocycles. The minimum absolute atomic E-state index is 0.553. The van der Waals surface area contributed by atoms with Crippen LogP contribution in [0.2, 0.25) is 0 Å². The van der Waals surface area contributed by atoms with Crippen LogP contribution in [-0.2, 0) is 0 Å². The summed E-state index contributed by atoms with van der Waals surface area (Å²) in [6, 6.07) is 42.9. The molecule has 4 rings (SSSR count). The third-order valence-electron chi connectivity index (χ3n) is 6.06. The second-order valence-corrected chi connectivity index (χ2v) is 8.65. The molecule has 0 aromatic heterocycles. The van der Waals surface area contributed by atoms with Crippen molar-refractivity contribution >= 4 is 5.57 Å². The fraction of sp³-hybridized carbons (Fsp3) is 0.235. The van der Waals surface area contributed by atoms with E-state index >= 15 is 0 Å².